The summed E-state index contributed by atoms with van der Waals surface area (Å²) in [7, 11) is 2.93. The molecule has 0 fully saturated rings. The molecule has 1 rings (SSSR count). The van der Waals surface area contributed by atoms with Crippen molar-refractivity contribution in [2.45, 2.75) is 0 Å². The molecule has 1 aromatic carbocycles. The molecule has 0 saturated carbocycles. The van der Waals surface area contributed by atoms with Gasteiger partial charge < -0.3 is 9.47 Å². The Hall–Kier alpha value is -1.99. The fraction of sp³-hybridized carbons (Fsp3) is 0.222. The van der Waals surface area contributed by atoms with Crippen LogP contribution in [-0.4, -0.2) is 20.3 Å². The van der Waals surface area contributed by atoms with Crippen LogP contribution in [-0.2, 0) is 0 Å². The lowest BCUT2D eigenvalue weighted by Crippen LogP contribution is -2.47. The van der Waals surface area contributed by atoms with Gasteiger partial charge in [0.05, 0.1) is 14.2 Å². The van der Waals surface area contributed by atoms with Crippen molar-refractivity contribution < 1.29 is 14.3 Å². The second-order valence-electron chi connectivity index (χ2n) is 2.83. The van der Waals surface area contributed by atoms with Gasteiger partial charge in [-0.05, 0) is 12.1 Å². The van der Waals surface area contributed by atoms with Gasteiger partial charge in [-0.1, -0.05) is 6.07 Å². The minimum Gasteiger partial charge on any atom is -0.494 e. The fourth-order valence-corrected chi connectivity index (χ4v) is 1.24. The number of urea groups is 1. The molecule has 0 heterocycles. The van der Waals surface area contributed by atoms with E-state index in [1.54, 1.807) is 18.2 Å². The predicted molar refractivity (Wildman–Crippen MR) is 58.9 cm³/mol. The molecule has 0 radical (unpaired) electrons. The van der Waals surface area contributed by atoms with Crippen molar-refractivity contribution >= 4 is 11.7 Å². The molecule has 16 heavy (non-hydrogen) atoms. The highest BCUT2D eigenvalue weighted by Gasteiger charge is 2.19. The van der Waals surface area contributed by atoms with Crippen molar-refractivity contribution in [2.75, 3.05) is 19.2 Å². The van der Waals surface area contributed by atoms with Crippen LogP contribution in [0.2, 0.25) is 0 Å². The first-order valence-corrected chi connectivity index (χ1v) is 4.42. The van der Waals surface area contributed by atoms with Crippen LogP contribution in [0.5, 0.6) is 11.5 Å². The number of methoxy groups -OCH3 is 2. The van der Waals surface area contributed by atoms with E-state index in [1.807, 2.05) is 5.43 Å². The zero-order chi connectivity index (χ0) is 12.1. The van der Waals surface area contributed by atoms with E-state index in [9.17, 15) is 4.79 Å². The van der Waals surface area contributed by atoms with Gasteiger partial charge in [0.15, 0.2) is 0 Å². The van der Waals surface area contributed by atoms with Crippen molar-refractivity contribution in [3.05, 3.63) is 18.2 Å². The van der Waals surface area contributed by atoms with Gasteiger partial charge in [0.2, 0.25) is 0 Å². The third-order valence-corrected chi connectivity index (χ3v) is 1.98. The first-order chi connectivity index (χ1) is 7.65. The lowest BCUT2D eigenvalue weighted by Gasteiger charge is -2.20. The van der Waals surface area contributed by atoms with Crippen molar-refractivity contribution in [3.63, 3.8) is 0 Å². The maximum Gasteiger partial charge on any atom is 0.350 e. The number of hydrazine groups is 2. The van der Waals surface area contributed by atoms with E-state index in [-0.39, 0.29) is 0 Å². The highest BCUT2D eigenvalue weighted by molar-refractivity contribution is 5.94. The summed E-state index contributed by atoms with van der Waals surface area (Å²) in [5.41, 5.74) is 2.22. The average Bonchev–Trinajstić information content (AvgIpc) is 2.35. The summed E-state index contributed by atoms with van der Waals surface area (Å²) >= 11 is 0. The Kier molecular flexibility index (Phi) is 3.92. The van der Waals surface area contributed by atoms with Crippen LogP contribution in [0, 0.1) is 0 Å². The van der Waals surface area contributed by atoms with Crippen molar-refractivity contribution in [2.24, 2.45) is 11.7 Å². The van der Waals surface area contributed by atoms with Gasteiger partial charge in [-0.15, -0.1) is 0 Å². The molecule has 0 bridgehead atoms. The summed E-state index contributed by atoms with van der Waals surface area (Å²) in [5.74, 6) is 11.4. The second-order valence-corrected chi connectivity index (χ2v) is 2.83. The van der Waals surface area contributed by atoms with Gasteiger partial charge >= 0.3 is 6.03 Å². The number of hydrogen-bond donors (Lipinski definition) is 3. The van der Waals surface area contributed by atoms with Crippen molar-refractivity contribution in [3.8, 4) is 11.5 Å². The number of benzene rings is 1. The number of carbonyl (C=O) groups is 1. The number of anilines is 1. The number of nitrogens with one attached hydrogen (secondary N) is 1. The summed E-state index contributed by atoms with van der Waals surface area (Å²) in [6.07, 6.45) is 0. The molecular formula is C9H14N4O3. The van der Waals surface area contributed by atoms with Gasteiger partial charge in [0.25, 0.3) is 0 Å². The lowest BCUT2D eigenvalue weighted by atomic mass is 10.2. The number of para-hydroxylation sites is 1. The zero-order valence-electron chi connectivity index (χ0n) is 9.06. The van der Waals surface area contributed by atoms with Gasteiger partial charge in [-0.2, -0.15) is 0 Å². The van der Waals surface area contributed by atoms with Crippen LogP contribution in [0.4, 0.5) is 10.5 Å². The smallest absolute Gasteiger partial charge is 0.350 e. The predicted octanol–water partition coefficient (Wildman–Crippen LogP) is -0.0328. The maximum atomic E-state index is 11.3. The summed E-state index contributed by atoms with van der Waals surface area (Å²) < 4.78 is 10.2. The quantitative estimate of drug-likeness (QED) is 0.381. The molecule has 0 aliphatic rings. The second kappa shape index (κ2) is 5.19. The highest BCUT2D eigenvalue weighted by Crippen LogP contribution is 2.36. The summed E-state index contributed by atoms with van der Waals surface area (Å²) in [6.45, 7) is 0. The molecule has 2 amide bonds. The van der Waals surface area contributed by atoms with Crippen molar-refractivity contribution in [1.82, 2.24) is 5.43 Å². The molecular weight excluding hydrogens is 212 g/mol. The van der Waals surface area contributed by atoms with Gasteiger partial charge in [0.1, 0.15) is 17.2 Å². The summed E-state index contributed by atoms with van der Waals surface area (Å²) in [4.78, 5) is 11.3. The van der Waals surface area contributed by atoms with Gasteiger partial charge in [-0.25, -0.2) is 21.5 Å². The van der Waals surface area contributed by atoms with E-state index in [0.29, 0.717) is 17.2 Å². The topological polar surface area (TPSA) is 103 Å². The van der Waals surface area contributed by atoms with Crippen LogP contribution in [0.25, 0.3) is 0 Å². The molecule has 0 spiro atoms. The third kappa shape index (κ3) is 2.15. The molecule has 0 atom stereocenters. The van der Waals surface area contributed by atoms with Crippen LogP contribution in [0.15, 0.2) is 18.2 Å². The Morgan fingerprint density at radius 3 is 2.19 bits per heavy atom. The van der Waals surface area contributed by atoms with Crippen LogP contribution in [0.3, 0.4) is 0 Å². The van der Waals surface area contributed by atoms with Crippen LogP contribution >= 0.6 is 0 Å². The van der Waals surface area contributed by atoms with E-state index >= 15 is 0 Å². The number of nitrogens with zero attached hydrogens (tertiary/aromatic N) is 1. The van der Waals surface area contributed by atoms with Crippen LogP contribution < -0.4 is 31.6 Å². The van der Waals surface area contributed by atoms with Crippen molar-refractivity contribution in [1.29, 1.82) is 0 Å². The molecule has 7 nitrogen and oxygen atoms in total. The first-order valence-electron chi connectivity index (χ1n) is 4.42. The van der Waals surface area contributed by atoms with Gasteiger partial charge in [-0.3, -0.25) is 5.43 Å². The third-order valence-electron chi connectivity index (χ3n) is 1.98. The standard InChI is InChI=1S/C9H14N4O3/c1-15-6-4-3-5-7(16-2)8(6)13(11)9(14)12-10/h3-5H,10-11H2,1-2H3,(H,12,14). The van der Waals surface area contributed by atoms with E-state index < -0.39 is 6.03 Å². The Bertz CT molecular complexity index is 361. The zero-order valence-corrected chi connectivity index (χ0v) is 9.06. The van der Waals surface area contributed by atoms with E-state index in [1.165, 1.54) is 14.2 Å². The minimum absolute atomic E-state index is 0.301. The Balaban J connectivity index is 3.22. The molecule has 0 saturated heterocycles. The number of hydrogen-bond acceptors (Lipinski definition) is 5. The Labute approximate surface area is 92.8 Å². The number of rotatable bonds is 3. The SMILES string of the molecule is COc1cccc(OC)c1N(N)C(=O)NN. The molecule has 0 aliphatic carbocycles. The maximum absolute atomic E-state index is 11.3. The Morgan fingerprint density at radius 1 is 1.31 bits per heavy atom. The molecule has 88 valence electrons. The van der Waals surface area contributed by atoms with E-state index in [2.05, 4.69) is 0 Å². The average molecular weight is 226 g/mol. The molecule has 5 N–H and O–H groups in total. The lowest BCUT2D eigenvalue weighted by molar-refractivity contribution is 0.246. The largest absolute Gasteiger partial charge is 0.494 e. The summed E-state index contributed by atoms with van der Waals surface area (Å²) in [6, 6.07) is 4.35. The Morgan fingerprint density at radius 2 is 1.81 bits per heavy atom. The monoisotopic (exact) mass is 226 g/mol. The molecule has 0 aromatic heterocycles. The number of amides is 2. The molecule has 0 unspecified atom stereocenters. The minimum atomic E-state index is -0.678. The number of carbonyl (C=O) groups excluding carboxylic acids is 1. The fourth-order valence-electron chi connectivity index (χ4n) is 1.24. The van der Waals surface area contributed by atoms with E-state index in [0.717, 1.165) is 5.01 Å². The van der Waals surface area contributed by atoms with Crippen LogP contribution in [0.1, 0.15) is 0 Å². The normalized spacial score (nSPS) is 9.50. The molecule has 0 aliphatic heterocycles. The number of ether oxygens (including phenoxy) is 2. The highest BCUT2D eigenvalue weighted by atomic mass is 16.5. The van der Waals surface area contributed by atoms with E-state index in [4.69, 9.17) is 21.2 Å². The summed E-state index contributed by atoms with van der Waals surface area (Å²) in [5, 5.41) is 0.817. The number of nitrogens with two attached hydrogens (primary N) is 2. The van der Waals surface area contributed by atoms with Gasteiger partial charge in [0, 0.05) is 0 Å². The first kappa shape index (κ1) is 12.1. The molecule has 1 aromatic rings. The molecule has 7 heteroatoms.